The fraction of sp³-hybridized carbons (Fsp3) is 0.435. The van der Waals surface area contributed by atoms with Crippen LogP contribution in [-0.2, 0) is 30.1 Å². The predicted molar refractivity (Wildman–Crippen MR) is 126 cm³/mol. The van der Waals surface area contributed by atoms with Gasteiger partial charge in [-0.25, -0.2) is 4.98 Å². The molecule has 1 aromatic carbocycles. The molecule has 2 heterocycles. The fourth-order valence-corrected chi connectivity index (χ4v) is 6.03. The van der Waals surface area contributed by atoms with Crippen molar-refractivity contribution >= 4 is 44.9 Å². The highest BCUT2D eigenvalue weighted by molar-refractivity contribution is 7.99. The van der Waals surface area contributed by atoms with Gasteiger partial charge in [0.15, 0.2) is 5.16 Å². The Kier molecular flexibility index (Phi) is 5.77. The molecule has 30 heavy (non-hydrogen) atoms. The number of thiophene rings is 1. The number of hydrogen-bond donors (Lipinski definition) is 1. The number of aryl methyl sites for hydroxylation is 2. The molecular formula is C23H27N3O2S2. The van der Waals surface area contributed by atoms with Crippen LogP contribution in [0.2, 0.25) is 0 Å². The van der Waals surface area contributed by atoms with Crippen LogP contribution in [-0.4, -0.2) is 21.2 Å². The first-order valence-corrected chi connectivity index (χ1v) is 12.1. The number of carbonyl (C=O) groups is 1. The molecule has 0 fully saturated rings. The van der Waals surface area contributed by atoms with Gasteiger partial charge in [0, 0.05) is 17.6 Å². The summed E-state index contributed by atoms with van der Waals surface area (Å²) < 4.78 is 1.59. The number of rotatable bonds is 4. The minimum atomic E-state index is -0.100. The largest absolute Gasteiger partial charge is 0.325 e. The van der Waals surface area contributed by atoms with E-state index in [0.29, 0.717) is 5.16 Å². The Bertz CT molecular complexity index is 1170. The van der Waals surface area contributed by atoms with Crippen LogP contribution in [0.1, 0.15) is 49.6 Å². The maximum absolute atomic E-state index is 13.0. The van der Waals surface area contributed by atoms with Crippen molar-refractivity contribution in [2.75, 3.05) is 11.1 Å². The molecule has 3 aromatic rings. The number of nitrogens with one attached hydrogen (secondary N) is 1. The Morgan fingerprint density at radius 1 is 1.23 bits per heavy atom. The van der Waals surface area contributed by atoms with Crippen molar-refractivity contribution < 1.29 is 4.79 Å². The van der Waals surface area contributed by atoms with Gasteiger partial charge in [-0.3, -0.25) is 14.2 Å². The highest BCUT2D eigenvalue weighted by Gasteiger charge is 2.22. The van der Waals surface area contributed by atoms with Gasteiger partial charge < -0.3 is 5.32 Å². The van der Waals surface area contributed by atoms with E-state index in [-0.39, 0.29) is 22.6 Å². The first-order chi connectivity index (χ1) is 14.3. The van der Waals surface area contributed by atoms with E-state index in [1.165, 1.54) is 28.6 Å². The lowest BCUT2D eigenvalue weighted by Gasteiger charge is -2.23. The normalized spacial score (nSPS) is 14.0. The molecule has 0 unspecified atom stereocenters. The molecule has 7 heteroatoms. The summed E-state index contributed by atoms with van der Waals surface area (Å²) in [4.78, 5) is 32.5. The standard InChI is InChI=1S/C23H27N3O2S2/c1-23(2,3)15-10-6-7-11-16(15)24-18(27)13-29-22-25-20-19(21(28)26(22)4)14-9-5-8-12-17(14)30-20/h6-7,10-11H,5,8-9,12-13H2,1-4H3,(H,24,27). The van der Waals surface area contributed by atoms with Gasteiger partial charge in [0.2, 0.25) is 5.91 Å². The zero-order chi connectivity index (χ0) is 21.5. The summed E-state index contributed by atoms with van der Waals surface area (Å²) in [5.41, 5.74) is 3.06. The highest BCUT2D eigenvalue weighted by Crippen LogP contribution is 2.34. The third kappa shape index (κ3) is 4.05. The smallest absolute Gasteiger partial charge is 0.262 e. The predicted octanol–water partition coefficient (Wildman–Crippen LogP) is 4.90. The van der Waals surface area contributed by atoms with Crippen LogP contribution in [0.4, 0.5) is 5.69 Å². The van der Waals surface area contributed by atoms with Gasteiger partial charge in [0.1, 0.15) is 4.83 Å². The second kappa shape index (κ2) is 8.19. The maximum Gasteiger partial charge on any atom is 0.262 e. The molecule has 0 spiro atoms. The van der Waals surface area contributed by atoms with Crippen LogP contribution in [0, 0.1) is 0 Å². The topological polar surface area (TPSA) is 64.0 Å². The van der Waals surface area contributed by atoms with Gasteiger partial charge in [-0.05, 0) is 48.3 Å². The SMILES string of the molecule is Cn1c(SCC(=O)Nc2ccccc2C(C)(C)C)nc2sc3c(c2c1=O)CCCC3. The van der Waals surface area contributed by atoms with Crippen LogP contribution < -0.4 is 10.9 Å². The van der Waals surface area contributed by atoms with Crippen LogP contribution in [0.25, 0.3) is 10.2 Å². The second-order valence-electron chi connectivity index (χ2n) is 8.78. The van der Waals surface area contributed by atoms with Crippen LogP contribution >= 0.6 is 23.1 Å². The molecule has 0 saturated carbocycles. The molecule has 0 saturated heterocycles. The number of carbonyl (C=O) groups excluding carboxylic acids is 1. The lowest BCUT2D eigenvalue weighted by molar-refractivity contribution is -0.113. The zero-order valence-electron chi connectivity index (χ0n) is 17.9. The van der Waals surface area contributed by atoms with E-state index < -0.39 is 0 Å². The van der Waals surface area contributed by atoms with Crippen LogP contribution in [0.3, 0.4) is 0 Å². The van der Waals surface area contributed by atoms with E-state index in [9.17, 15) is 9.59 Å². The van der Waals surface area contributed by atoms with Crippen molar-refractivity contribution in [1.82, 2.24) is 9.55 Å². The van der Waals surface area contributed by atoms with E-state index in [1.54, 1.807) is 23.0 Å². The number of anilines is 1. The van der Waals surface area contributed by atoms with Crippen molar-refractivity contribution in [3.63, 3.8) is 0 Å². The van der Waals surface area contributed by atoms with Crippen molar-refractivity contribution in [1.29, 1.82) is 0 Å². The minimum absolute atomic E-state index is 0.000358. The van der Waals surface area contributed by atoms with E-state index in [0.717, 1.165) is 40.7 Å². The van der Waals surface area contributed by atoms with Gasteiger partial charge in [-0.2, -0.15) is 0 Å². The van der Waals surface area contributed by atoms with E-state index in [4.69, 9.17) is 4.98 Å². The monoisotopic (exact) mass is 441 g/mol. The van der Waals surface area contributed by atoms with Crippen LogP contribution in [0.15, 0.2) is 34.2 Å². The summed E-state index contributed by atoms with van der Waals surface area (Å²) in [5.74, 6) is 0.103. The van der Waals surface area contributed by atoms with E-state index >= 15 is 0 Å². The third-order valence-electron chi connectivity index (χ3n) is 5.50. The Balaban J connectivity index is 1.54. The number of hydrogen-bond acceptors (Lipinski definition) is 5. The molecule has 1 amide bonds. The Labute approximate surface area is 184 Å². The Hall–Kier alpha value is -2.12. The first-order valence-electron chi connectivity index (χ1n) is 10.3. The van der Waals surface area contributed by atoms with Gasteiger partial charge in [-0.15, -0.1) is 11.3 Å². The summed E-state index contributed by atoms with van der Waals surface area (Å²) in [7, 11) is 1.75. The average Bonchev–Trinajstić information content (AvgIpc) is 3.07. The van der Waals surface area contributed by atoms with E-state index in [1.807, 2.05) is 24.3 Å². The molecule has 0 radical (unpaired) electrons. The number of amides is 1. The van der Waals surface area contributed by atoms with Crippen molar-refractivity contribution in [3.8, 4) is 0 Å². The number of nitrogens with zero attached hydrogens (tertiary/aromatic N) is 2. The highest BCUT2D eigenvalue weighted by atomic mass is 32.2. The van der Waals surface area contributed by atoms with Gasteiger partial charge >= 0.3 is 0 Å². The lowest BCUT2D eigenvalue weighted by Crippen LogP contribution is -2.22. The molecule has 0 bridgehead atoms. The summed E-state index contributed by atoms with van der Waals surface area (Å²) in [5, 5.41) is 4.40. The maximum atomic E-state index is 13.0. The van der Waals surface area contributed by atoms with E-state index in [2.05, 4.69) is 26.1 Å². The molecular weight excluding hydrogens is 414 g/mol. The molecule has 4 rings (SSSR count). The van der Waals surface area contributed by atoms with Gasteiger partial charge in [-0.1, -0.05) is 50.7 Å². The summed E-state index contributed by atoms with van der Waals surface area (Å²) in [6, 6.07) is 7.89. The van der Waals surface area contributed by atoms with Gasteiger partial charge in [0.25, 0.3) is 5.56 Å². The molecule has 1 aliphatic rings. The molecule has 1 N–H and O–H groups in total. The quantitative estimate of drug-likeness (QED) is 0.462. The minimum Gasteiger partial charge on any atom is -0.325 e. The fourth-order valence-electron chi connectivity index (χ4n) is 3.96. The number of thioether (sulfide) groups is 1. The number of para-hydroxylation sites is 1. The third-order valence-corrected chi connectivity index (χ3v) is 7.71. The zero-order valence-corrected chi connectivity index (χ0v) is 19.5. The van der Waals surface area contributed by atoms with Crippen molar-refractivity contribution in [2.45, 2.75) is 57.0 Å². The molecule has 2 aromatic heterocycles. The molecule has 0 aliphatic heterocycles. The summed E-state index contributed by atoms with van der Waals surface area (Å²) >= 11 is 2.95. The lowest BCUT2D eigenvalue weighted by atomic mass is 9.86. The number of fused-ring (bicyclic) bond motifs is 3. The van der Waals surface area contributed by atoms with Crippen molar-refractivity contribution in [2.24, 2.45) is 7.05 Å². The molecule has 5 nitrogen and oxygen atoms in total. The van der Waals surface area contributed by atoms with Gasteiger partial charge in [0.05, 0.1) is 11.1 Å². The number of benzene rings is 1. The second-order valence-corrected chi connectivity index (χ2v) is 10.8. The molecule has 158 valence electrons. The molecule has 1 aliphatic carbocycles. The van der Waals surface area contributed by atoms with Crippen LogP contribution in [0.5, 0.6) is 0 Å². The Morgan fingerprint density at radius 3 is 2.73 bits per heavy atom. The summed E-state index contributed by atoms with van der Waals surface area (Å²) in [6.45, 7) is 6.38. The number of aromatic nitrogens is 2. The summed E-state index contributed by atoms with van der Waals surface area (Å²) in [6.07, 6.45) is 4.32. The first kappa shape index (κ1) is 21.1. The Morgan fingerprint density at radius 2 is 1.97 bits per heavy atom. The molecule has 0 atom stereocenters. The van der Waals surface area contributed by atoms with Crippen molar-refractivity contribution in [3.05, 3.63) is 50.6 Å². The average molecular weight is 442 g/mol.